The molecule has 0 N–H and O–H groups in total. The van der Waals surface area contributed by atoms with Crippen LogP contribution in [0.15, 0.2) is 24.7 Å². The van der Waals surface area contributed by atoms with Gasteiger partial charge in [-0.3, -0.25) is 9.67 Å². The fourth-order valence-electron chi connectivity index (χ4n) is 1.57. The van der Waals surface area contributed by atoms with Crippen LogP contribution in [-0.4, -0.2) is 20.5 Å². The Morgan fingerprint density at radius 1 is 1.47 bits per heavy atom. The lowest BCUT2D eigenvalue weighted by molar-refractivity contribution is -0.117. The molecule has 0 aliphatic heterocycles. The average molecular weight is 203 g/mol. The van der Waals surface area contributed by atoms with E-state index in [-0.39, 0.29) is 5.78 Å². The summed E-state index contributed by atoms with van der Waals surface area (Å²) in [5, 5.41) is 5.35. The van der Waals surface area contributed by atoms with Crippen LogP contribution in [0.25, 0.3) is 10.9 Å². The van der Waals surface area contributed by atoms with E-state index in [4.69, 9.17) is 0 Å². The van der Waals surface area contributed by atoms with Gasteiger partial charge in [-0.2, -0.15) is 5.10 Å². The molecule has 0 saturated carbocycles. The first-order valence-corrected chi connectivity index (χ1v) is 5.02. The van der Waals surface area contributed by atoms with E-state index < -0.39 is 0 Å². The van der Waals surface area contributed by atoms with E-state index >= 15 is 0 Å². The Morgan fingerprint density at radius 3 is 3.13 bits per heavy atom. The molecule has 2 rings (SSSR count). The van der Waals surface area contributed by atoms with Crippen molar-refractivity contribution in [1.82, 2.24) is 14.8 Å². The molecule has 0 aliphatic rings. The number of rotatable bonds is 4. The largest absolute Gasteiger partial charge is 0.300 e. The SMILES string of the molecule is CC(=O)CCCn1ncc2ccncc21. The second kappa shape index (κ2) is 4.21. The van der Waals surface area contributed by atoms with Gasteiger partial charge in [0.05, 0.1) is 17.9 Å². The predicted octanol–water partition coefficient (Wildman–Crippen LogP) is 1.80. The third kappa shape index (κ3) is 2.21. The summed E-state index contributed by atoms with van der Waals surface area (Å²) in [6, 6.07) is 1.93. The molecule has 0 aromatic carbocycles. The van der Waals surface area contributed by atoms with E-state index in [1.54, 1.807) is 19.3 Å². The quantitative estimate of drug-likeness (QED) is 0.761. The molecular weight excluding hydrogens is 190 g/mol. The van der Waals surface area contributed by atoms with Gasteiger partial charge in [0.15, 0.2) is 0 Å². The number of hydrogen-bond donors (Lipinski definition) is 0. The number of aryl methyl sites for hydroxylation is 1. The standard InChI is InChI=1S/C11H13N3O/c1-9(15)3-2-6-14-11-8-12-5-4-10(11)7-13-14/h4-5,7-8H,2-3,6H2,1H3. The van der Waals surface area contributed by atoms with Gasteiger partial charge in [-0.25, -0.2) is 0 Å². The van der Waals surface area contributed by atoms with Gasteiger partial charge in [-0.05, 0) is 19.4 Å². The van der Waals surface area contributed by atoms with Crippen LogP contribution < -0.4 is 0 Å². The molecular formula is C11H13N3O. The van der Waals surface area contributed by atoms with E-state index in [0.717, 1.165) is 23.9 Å². The number of carbonyl (C=O) groups excluding carboxylic acids is 1. The zero-order valence-electron chi connectivity index (χ0n) is 8.68. The van der Waals surface area contributed by atoms with E-state index in [1.165, 1.54) is 0 Å². The van der Waals surface area contributed by atoms with Gasteiger partial charge in [0.2, 0.25) is 0 Å². The number of hydrogen-bond acceptors (Lipinski definition) is 3. The topological polar surface area (TPSA) is 47.8 Å². The van der Waals surface area contributed by atoms with Crippen LogP contribution >= 0.6 is 0 Å². The zero-order valence-corrected chi connectivity index (χ0v) is 8.68. The maximum atomic E-state index is 10.8. The zero-order chi connectivity index (χ0) is 10.7. The Bertz CT molecular complexity index is 475. The van der Waals surface area contributed by atoms with Crippen LogP contribution in [0.5, 0.6) is 0 Å². The molecule has 15 heavy (non-hydrogen) atoms. The Labute approximate surface area is 87.9 Å². The highest BCUT2D eigenvalue weighted by Gasteiger charge is 2.02. The first-order chi connectivity index (χ1) is 7.27. The summed E-state index contributed by atoms with van der Waals surface area (Å²) < 4.78 is 1.89. The molecule has 4 heteroatoms. The smallest absolute Gasteiger partial charge is 0.129 e. The lowest BCUT2D eigenvalue weighted by Gasteiger charge is -2.01. The molecule has 0 bridgehead atoms. The molecule has 2 aromatic rings. The van der Waals surface area contributed by atoms with Crippen molar-refractivity contribution in [2.45, 2.75) is 26.3 Å². The minimum absolute atomic E-state index is 0.226. The third-order valence-electron chi connectivity index (χ3n) is 2.35. The van der Waals surface area contributed by atoms with E-state index in [0.29, 0.717) is 6.42 Å². The first kappa shape index (κ1) is 9.83. The summed E-state index contributed by atoms with van der Waals surface area (Å²) in [4.78, 5) is 14.9. The van der Waals surface area contributed by atoms with Crippen molar-refractivity contribution >= 4 is 16.7 Å². The average Bonchev–Trinajstić information content (AvgIpc) is 2.62. The Morgan fingerprint density at radius 2 is 2.33 bits per heavy atom. The van der Waals surface area contributed by atoms with Gasteiger partial charge in [0.1, 0.15) is 5.78 Å². The molecule has 0 unspecified atom stereocenters. The fourth-order valence-corrected chi connectivity index (χ4v) is 1.57. The second-order valence-corrected chi connectivity index (χ2v) is 3.61. The highest BCUT2D eigenvalue weighted by Crippen LogP contribution is 2.11. The molecule has 2 aromatic heterocycles. The van der Waals surface area contributed by atoms with Crippen molar-refractivity contribution < 1.29 is 4.79 Å². The van der Waals surface area contributed by atoms with Crippen molar-refractivity contribution in [3.8, 4) is 0 Å². The molecule has 0 radical (unpaired) electrons. The molecule has 0 fully saturated rings. The van der Waals surface area contributed by atoms with Crippen molar-refractivity contribution in [2.24, 2.45) is 0 Å². The Kier molecular flexibility index (Phi) is 2.76. The van der Waals surface area contributed by atoms with Crippen molar-refractivity contribution in [3.05, 3.63) is 24.7 Å². The number of ketones is 1. The van der Waals surface area contributed by atoms with E-state index in [2.05, 4.69) is 10.1 Å². The first-order valence-electron chi connectivity index (χ1n) is 5.02. The normalized spacial score (nSPS) is 10.7. The summed E-state index contributed by atoms with van der Waals surface area (Å²) in [6.45, 7) is 2.39. The highest BCUT2D eigenvalue weighted by atomic mass is 16.1. The van der Waals surface area contributed by atoms with Crippen LogP contribution in [0.1, 0.15) is 19.8 Å². The van der Waals surface area contributed by atoms with Crippen LogP contribution in [0.4, 0.5) is 0 Å². The maximum absolute atomic E-state index is 10.8. The highest BCUT2D eigenvalue weighted by molar-refractivity contribution is 5.77. The van der Waals surface area contributed by atoms with Crippen molar-refractivity contribution in [3.63, 3.8) is 0 Å². The molecule has 0 aliphatic carbocycles. The molecule has 0 spiro atoms. The monoisotopic (exact) mass is 203 g/mol. The number of pyridine rings is 1. The molecule has 0 amide bonds. The summed E-state index contributed by atoms with van der Waals surface area (Å²) in [7, 11) is 0. The van der Waals surface area contributed by atoms with Gasteiger partial charge >= 0.3 is 0 Å². The minimum Gasteiger partial charge on any atom is -0.300 e. The van der Waals surface area contributed by atoms with Gasteiger partial charge in [0, 0.05) is 24.5 Å². The maximum Gasteiger partial charge on any atom is 0.129 e. The van der Waals surface area contributed by atoms with Crippen LogP contribution in [0, 0.1) is 0 Å². The summed E-state index contributed by atoms with van der Waals surface area (Å²) >= 11 is 0. The number of aromatic nitrogens is 3. The predicted molar refractivity (Wildman–Crippen MR) is 57.4 cm³/mol. The minimum atomic E-state index is 0.226. The summed E-state index contributed by atoms with van der Waals surface area (Å²) in [5.74, 6) is 0.226. The lowest BCUT2D eigenvalue weighted by atomic mass is 10.2. The van der Waals surface area contributed by atoms with Gasteiger partial charge < -0.3 is 4.79 Å². The fraction of sp³-hybridized carbons (Fsp3) is 0.364. The Hall–Kier alpha value is -1.71. The third-order valence-corrected chi connectivity index (χ3v) is 2.35. The number of nitrogens with zero attached hydrogens (tertiary/aromatic N) is 3. The molecule has 0 saturated heterocycles. The lowest BCUT2D eigenvalue weighted by Crippen LogP contribution is -2.02. The van der Waals surface area contributed by atoms with Crippen LogP contribution in [0.2, 0.25) is 0 Å². The van der Waals surface area contributed by atoms with E-state index in [9.17, 15) is 4.79 Å². The number of carbonyl (C=O) groups is 1. The number of fused-ring (bicyclic) bond motifs is 1. The second-order valence-electron chi connectivity index (χ2n) is 3.61. The van der Waals surface area contributed by atoms with Gasteiger partial charge in [-0.15, -0.1) is 0 Å². The van der Waals surface area contributed by atoms with Crippen molar-refractivity contribution in [2.75, 3.05) is 0 Å². The van der Waals surface area contributed by atoms with Crippen molar-refractivity contribution in [1.29, 1.82) is 0 Å². The van der Waals surface area contributed by atoms with Gasteiger partial charge in [0.25, 0.3) is 0 Å². The number of Topliss-reactive ketones (excluding diaryl/α,β-unsaturated/α-hetero) is 1. The molecule has 2 heterocycles. The van der Waals surface area contributed by atoms with Crippen LogP contribution in [0.3, 0.4) is 0 Å². The molecule has 4 nitrogen and oxygen atoms in total. The van der Waals surface area contributed by atoms with Crippen LogP contribution in [-0.2, 0) is 11.3 Å². The van der Waals surface area contributed by atoms with E-state index in [1.807, 2.05) is 16.9 Å². The van der Waals surface area contributed by atoms with Gasteiger partial charge in [-0.1, -0.05) is 0 Å². The Balaban J connectivity index is 2.11. The molecule has 0 atom stereocenters. The summed E-state index contributed by atoms with van der Waals surface area (Å²) in [5.41, 5.74) is 1.03. The summed E-state index contributed by atoms with van der Waals surface area (Å²) in [6.07, 6.45) is 6.83. The molecule has 78 valence electrons.